The van der Waals surface area contributed by atoms with E-state index in [-0.39, 0.29) is 68.1 Å². The number of benzene rings is 1. The van der Waals surface area contributed by atoms with Crippen molar-refractivity contribution in [3.8, 4) is 11.5 Å². The molecule has 3 aliphatic heterocycles. The van der Waals surface area contributed by atoms with Gasteiger partial charge < -0.3 is 53.9 Å². The van der Waals surface area contributed by atoms with Crippen molar-refractivity contribution in [1.29, 1.82) is 0 Å². The maximum absolute atomic E-state index is 14.4. The van der Waals surface area contributed by atoms with Gasteiger partial charge in [-0.15, -0.1) is 0 Å². The van der Waals surface area contributed by atoms with Gasteiger partial charge in [0.1, 0.15) is 41.8 Å². The molecule has 58 heavy (non-hydrogen) atoms. The summed E-state index contributed by atoms with van der Waals surface area (Å²) in [6, 6.07) is 6.83. The molecule has 13 atom stereocenters. The number of nitrogens with zero attached hydrogens (tertiary/aromatic N) is 4. The van der Waals surface area contributed by atoms with E-state index in [0.717, 1.165) is 5.56 Å². The van der Waals surface area contributed by atoms with Crippen molar-refractivity contribution < 1.29 is 57.6 Å². The van der Waals surface area contributed by atoms with E-state index in [0.29, 0.717) is 12.0 Å². The van der Waals surface area contributed by atoms with E-state index in [2.05, 4.69) is 15.3 Å². The van der Waals surface area contributed by atoms with Gasteiger partial charge >= 0.3 is 5.97 Å². The topological polar surface area (TPSA) is 228 Å². The highest BCUT2D eigenvalue weighted by Crippen LogP contribution is 2.39. The number of oxime groups is 1. The lowest BCUT2D eigenvalue weighted by Gasteiger charge is -2.47. The predicted octanol–water partition coefficient (Wildman–Crippen LogP) is 3.34. The number of fused-ring (bicyclic) bond motifs is 5. The Morgan fingerprint density at radius 3 is 2.33 bits per heavy atom. The summed E-state index contributed by atoms with van der Waals surface area (Å²) < 4.78 is 37.1. The first-order valence-electron chi connectivity index (χ1n) is 20.0. The molecule has 0 saturated carbocycles. The van der Waals surface area contributed by atoms with Gasteiger partial charge in [0.2, 0.25) is 0 Å². The first-order chi connectivity index (χ1) is 27.3. The van der Waals surface area contributed by atoms with E-state index in [1.165, 1.54) is 13.8 Å². The van der Waals surface area contributed by atoms with Gasteiger partial charge in [0.05, 0.1) is 37.1 Å². The first-order valence-corrected chi connectivity index (χ1v) is 20.0. The van der Waals surface area contributed by atoms with Crippen LogP contribution in [0.5, 0.6) is 0 Å². The molecule has 17 heteroatoms. The molecule has 1 aromatic carbocycles. The maximum Gasteiger partial charge on any atom is 0.316 e. The average molecular weight is 816 g/mol. The van der Waals surface area contributed by atoms with Crippen LogP contribution < -0.4 is 5.73 Å². The highest BCUT2D eigenvalue weighted by molar-refractivity contribution is 6.00. The third kappa shape index (κ3) is 9.95. The fourth-order valence-electron chi connectivity index (χ4n) is 8.50. The summed E-state index contributed by atoms with van der Waals surface area (Å²) in [4.78, 5) is 54.3. The number of cyclic esters (lactones) is 1. The van der Waals surface area contributed by atoms with Crippen LogP contribution in [0.1, 0.15) is 80.2 Å². The molecule has 3 fully saturated rings. The summed E-state index contributed by atoms with van der Waals surface area (Å²) in [6.07, 6.45) is -5.36. The summed E-state index contributed by atoms with van der Waals surface area (Å²) in [5.74, 6) is -5.23. The number of aliphatic hydroxyl groups is 2. The minimum Gasteiger partial charge on any atom is -0.459 e. The number of aliphatic hydroxyl groups excluding tert-OH is 1. The second kappa shape index (κ2) is 18.6. The molecule has 1 aromatic heterocycles. The number of hydrogen-bond acceptors (Lipinski definition) is 17. The molecule has 0 radical (unpaired) electrons. The zero-order valence-electron chi connectivity index (χ0n) is 35.2. The number of nitrogens with two attached hydrogens (primary N) is 1. The van der Waals surface area contributed by atoms with Crippen LogP contribution in [0.2, 0.25) is 0 Å². The van der Waals surface area contributed by atoms with Crippen molar-refractivity contribution in [2.45, 2.75) is 135 Å². The third-order valence-electron chi connectivity index (χ3n) is 11.9. The minimum absolute atomic E-state index is 0.0251. The number of ether oxygens (including phenoxy) is 5. The number of nitrogen functional groups attached to an aromatic ring is 1. The number of aromatic nitrogens is 2. The van der Waals surface area contributed by atoms with Crippen LogP contribution in [0, 0.1) is 23.7 Å². The normalized spacial score (nSPS) is 37.8. The van der Waals surface area contributed by atoms with E-state index in [1.54, 1.807) is 58.9 Å². The van der Waals surface area contributed by atoms with Crippen molar-refractivity contribution in [1.82, 2.24) is 15.0 Å². The number of carbonyl (C=O) groups is 3. The maximum atomic E-state index is 14.4. The van der Waals surface area contributed by atoms with E-state index in [1.807, 2.05) is 25.9 Å². The number of anilines is 1. The van der Waals surface area contributed by atoms with Gasteiger partial charge in [-0.05, 0) is 83.9 Å². The molecule has 17 nitrogen and oxygen atoms in total. The van der Waals surface area contributed by atoms with E-state index in [4.69, 9.17) is 38.8 Å². The van der Waals surface area contributed by atoms with Gasteiger partial charge in [0, 0.05) is 29.4 Å². The number of hydrogen-bond donors (Lipinski definition) is 3. The van der Waals surface area contributed by atoms with Crippen LogP contribution in [-0.4, -0.2) is 130 Å². The predicted molar refractivity (Wildman–Crippen MR) is 210 cm³/mol. The molecule has 0 unspecified atom stereocenters. The number of ketones is 2. The number of carbonyl (C=O) groups excluding carboxylic acids is 3. The second-order valence-electron chi connectivity index (χ2n) is 16.8. The Kier molecular flexibility index (Phi) is 14.5. The zero-order valence-corrected chi connectivity index (χ0v) is 35.2. The molecular weight excluding hydrogens is 754 g/mol. The molecule has 4 N–H and O–H groups in total. The van der Waals surface area contributed by atoms with Crippen molar-refractivity contribution in [3.05, 3.63) is 29.8 Å². The highest BCUT2D eigenvalue weighted by atomic mass is 16.7. The highest BCUT2D eigenvalue weighted by Gasteiger charge is 2.53. The fourth-order valence-corrected chi connectivity index (χ4v) is 8.50. The number of rotatable bonds is 8. The van der Waals surface area contributed by atoms with Crippen LogP contribution in [-0.2, 0) is 49.5 Å². The average Bonchev–Trinajstić information content (AvgIpc) is 3.62. The van der Waals surface area contributed by atoms with Crippen LogP contribution >= 0.6 is 0 Å². The Morgan fingerprint density at radius 1 is 1.02 bits per heavy atom. The molecule has 0 aliphatic carbocycles. The molecule has 3 aliphatic rings. The Labute approximate surface area is 339 Å². The van der Waals surface area contributed by atoms with Gasteiger partial charge in [-0.2, -0.15) is 4.98 Å². The number of likely N-dealkylation sites (N-methyl/N-ethyl adjacent to an activating group) is 1. The third-order valence-corrected chi connectivity index (χ3v) is 11.9. The van der Waals surface area contributed by atoms with Crippen molar-refractivity contribution >= 4 is 29.2 Å². The van der Waals surface area contributed by atoms with Gasteiger partial charge in [0.15, 0.2) is 12.1 Å². The Balaban J connectivity index is 1.57. The van der Waals surface area contributed by atoms with E-state index < -0.39 is 77.3 Å². The lowest BCUT2D eigenvalue weighted by atomic mass is 9.74. The van der Waals surface area contributed by atoms with Gasteiger partial charge in [0.25, 0.3) is 11.8 Å². The molecule has 322 valence electrons. The SMILES string of the molecule is CC[C@H]1OC(=O)[C@H](C)C(=O)[C@H](C)[C@@H](O[C@@H]2O[C@H](C)C[C@H](N(C)C)[C@H]2O)[C@@]2(C)C[C@@H](C)C(=O)[C@H](C)[C@H](OC/C(=N\OCc3ccc(-c4nc(N)no4)cc3)CO2)[C@]1(C)O. The summed E-state index contributed by atoms with van der Waals surface area (Å²) in [5, 5.41) is 31.8. The van der Waals surface area contributed by atoms with E-state index in [9.17, 15) is 24.6 Å². The molecule has 5 rings (SSSR count). The minimum atomic E-state index is -1.88. The van der Waals surface area contributed by atoms with Gasteiger partial charge in [-0.25, -0.2) is 0 Å². The van der Waals surface area contributed by atoms with Crippen molar-refractivity contribution in [2.75, 3.05) is 33.0 Å². The Bertz CT molecular complexity index is 1770. The monoisotopic (exact) mass is 815 g/mol. The van der Waals surface area contributed by atoms with Crippen LogP contribution in [0.3, 0.4) is 0 Å². The summed E-state index contributed by atoms with van der Waals surface area (Å²) in [6.45, 7) is 12.9. The van der Waals surface area contributed by atoms with Gasteiger partial charge in [-0.3, -0.25) is 14.4 Å². The molecule has 2 bridgehead atoms. The quantitative estimate of drug-likeness (QED) is 0.197. The zero-order chi connectivity index (χ0) is 42.7. The smallest absolute Gasteiger partial charge is 0.316 e. The Morgan fingerprint density at radius 2 is 1.71 bits per heavy atom. The van der Waals surface area contributed by atoms with E-state index >= 15 is 0 Å². The lowest BCUT2D eigenvalue weighted by molar-refractivity contribution is -0.296. The summed E-state index contributed by atoms with van der Waals surface area (Å²) in [5.41, 5.74) is 3.97. The van der Waals surface area contributed by atoms with Crippen LogP contribution in [0.4, 0.5) is 5.95 Å². The lowest BCUT2D eigenvalue weighted by Crippen LogP contribution is -2.60. The Hall–Kier alpha value is -3.84. The summed E-state index contributed by atoms with van der Waals surface area (Å²) >= 11 is 0. The fraction of sp³-hybridized carbons (Fsp3) is 0.707. The molecule has 0 spiro atoms. The number of Topliss-reactive ketones (excluding diaryl/α,β-unsaturated/α-hetero) is 2. The second-order valence-corrected chi connectivity index (χ2v) is 16.8. The summed E-state index contributed by atoms with van der Waals surface area (Å²) in [7, 11) is 3.71. The van der Waals surface area contributed by atoms with Crippen molar-refractivity contribution in [3.63, 3.8) is 0 Å². The van der Waals surface area contributed by atoms with Crippen LogP contribution in [0.15, 0.2) is 33.9 Å². The standard InChI is InChI=1S/C41H61N5O12/c1-11-30-41(8,51)35-23(4)31(47)21(2)17-40(7,53-20-28(19-52-35)44-54-18-26-12-14-27(15-13-26)36-43-39(42)45-58-36)34(24(5)32(48)25(6)37(50)56-30)57-38-33(49)29(46(9)10)16-22(3)55-38/h12-15,21-25,29-30,33-35,38,49,51H,11,16-20H2,1-10H3,(H2,42,45)/b44-28+/t21-,22-,23+,24+,25-,29+,30-,33-,34-,35+,38+,40-,41-/m1/s1. The van der Waals surface area contributed by atoms with Gasteiger partial charge in [-0.1, -0.05) is 45.0 Å². The molecule has 2 aromatic rings. The number of esters is 1. The largest absolute Gasteiger partial charge is 0.459 e. The van der Waals surface area contributed by atoms with Crippen molar-refractivity contribution in [2.24, 2.45) is 28.8 Å². The molecule has 4 heterocycles. The molecular formula is C41H61N5O12. The molecule has 3 saturated heterocycles. The van der Waals surface area contributed by atoms with Crippen LogP contribution in [0.25, 0.3) is 11.5 Å². The molecule has 0 amide bonds. The first kappa shape index (κ1) is 45.2.